The molecular formula is C7H10N2O3. The monoisotopic (exact) mass is 170 g/mol. The average Bonchev–Trinajstić information content (AvgIpc) is 2.29. The Morgan fingerprint density at radius 2 is 2.17 bits per heavy atom. The summed E-state index contributed by atoms with van der Waals surface area (Å²) in [6.45, 7) is 2.12. The number of rotatable bonds is 3. The average molecular weight is 170 g/mol. The number of imide groups is 1. The second-order valence-electron chi connectivity index (χ2n) is 2.47. The molecule has 0 aromatic carbocycles. The minimum atomic E-state index is -0.366. The SMILES string of the molecule is CCN1C(=O)CN(CC=O)C1=O. The summed E-state index contributed by atoms with van der Waals surface area (Å²) in [6.07, 6.45) is 0.615. The third-order valence-corrected chi connectivity index (χ3v) is 1.74. The van der Waals surface area contributed by atoms with E-state index in [9.17, 15) is 14.4 Å². The van der Waals surface area contributed by atoms with Crippen LogP contribution in [0.3, 0.4) is 0 Å². The van der Waals surface area contributed by atoms with Gasteiger partial charge in [-0.3, -0.25) is 9.69 Å². The van der Waals surface area contributed by atoms with Gasteiger partial charge in [0.15, 0.2) is 0 Å². The van der Waals surface area contributed by atoms with E-state index in [4.69, 9.17) is 0 Å². The summed E-state index contributed by atoms with van der Waals surface area (Å²) in [5, 5.41) is 0. The fourth-order valence-electron chi connectivity index (χ4n) is 1.14. The lowest BCUT2D eigenvalue weighted by molar-refractivity contribution is -0.125. The molecule has 12 heavy (non-hydrogen) atoms. The first-order valence-electron chi connectivity index (χ1n) is 3.73. The highest BCUT2D eigenvalue weighted by atomic mass is 16.2. The van der Waals surface area contributed by atoms with Crippen LogP contribution in [0.5, 0.6) is 0 Å². The van der Waals surface area contributed by atoms with Gasteiger partial charge in [-0.25, -0.2) is 4.79 Å². The van der Waals surface area contributed by atoms with Crippen LogP contribution in [0.25, 0.3) is 0 Å². The highest BCUT2D eigenvalue weighted by Gasteiger charge is 2.33. The predicted octanol–water partition coefficient (Wildman–Crippen LogP) is -0.531. The van der Waals surface area contributed by atoms with E-state index < -0.39 is 0 Å². The molecule has 0 saturated carbocycles. The van der Waals surface area contributed by atoms with Gasteiger partial charge in [0.1, 0.15) is 12.8 Å². The summed E-state index contributed by atoms with van der Waals surface area (Å²) in [5.41, 5.74) is 0. The number of carbonyl (C=O) groups is 3. The van der Waals surface area contributed by atoms with Crippen molar-refractivity contribution in [1.82, 2.24) is 9.80 Å². The number of carbonyl (C=O) groups excluding carboxylic acids is 3. The van der Waals surface area contributed by atoms with Crippen molar-refractivity contribution in [1.29, 1.82) is 0 Å². The number of aldehydes is 1. The molecule has 1 heterocycles. The van der Waals surface area contributed by atoms with Gasteiger partial charge in [0, 0.05) is 6.54 Å². The number of amides is 3. The topological polar surface area (TPSA) is 57.7 Å². The molecule has 5 nitrogen and oxygen atoms in total. The molecule has 3 amide bonds. The van der Waals surface area contributed by atoms with Crippen molar-refractivity contribution in [2.45, 2.75) is 6.92 Å². The van der Waals surface area contributed by atoms with Gasteiger partial charge in [-0.2, -0.15) is 0 Å². The zero-order valence-electron chi connectivity index (χ0n) is 6.82. The van der Waals surface area contributed by atoms with E-state index in [1.807, 2.05) is 0 Å². The van der Waals surface area contributed by atoms with Gasteiger partial charge in [-0.1, -0.05) is 0 Å². The molecule has 5 heteroatoms. The maximum atomic E-state index is 11.2. The second-order valence-corrected chi connectivity index (χ2v) is 2.47. The smallest absolute Gasteiger partial charge is 0.308 e. The largest absolute Gasteiger partial charge is 0.327 e. The van der Waals surface area contributed by atoms with Crippen LogP contribution < -0.4 is 0 Å². The lowest BCUT2D eigenvalue weighted by atomic mass is 10.5. The number of likely N-dealkylation sites (N-methyl/N-ethyl adjacent to an activating group) is 1. The molecule has 0 aliphatic carbocycles. The predicted molar refractivity (Wildman–Crippen MR) is 40.4 cm³/mol. The van der Waals surface area contributed by atoms with Crippen LogP contribution in [-0.4, -0.2) is 47.7 Å². The van der Waals surface area contributed by atoms with E-state index in [2.05, 4.69) is 0 Å². The van der Waals surface area contributed by atoms with Crippen LogP contribution in [0.15, 0.2) is 0 Å². The van der Waals surface area contributed by atoms with Gasteiger partial charge >= 0.3 is 6.03 Å². The van der Waals surface area contributed by atoms with E-state index >= 15 is 0 Å². The molecule has 1 saturated heterocycles. The van der Waals surface area contributed by atoms with Crippen LogP contribution in [0, 0.1) is 0 Å². The van der Waals surface area contributed by atoms with E-state index in [0.29, 0.717) is 12.8 Å². The van der Waals surface area contributed by atoms with Crippen molar-refractivity contribution >= 4 is 18.2 Å². The molecule has 0 bridgehead atoms. The normalized spacial score (nSPS) is 17.4. The van der Waals surface area contributed by atoms with E-state index in [1.54, 1.807) is 6.92 Å². The van der Waals surface area contributed by atoms with Crippen molar-refractivity contribution in [3.8, 4) is 0 Å². The minimum Gasteiger partial charge on any atom is -0.308 e. The fraction of sp³-hybridized carbons (Fsp3) is 0.571. The summed E-state index contributed by atoms with van der Waals surface area (Å²) >= 11 is 0. The number of nitrogens with zero attached hydrogens (tertiary/aromatic N) is 2. The first kappa shape index (κ1) is 8.70. The zero-order chi connectivity index (χ0) is 9.14. The van der Waals surface area contributed by atoms with Gasteiger partial charge in [0.05, 0.1) is 6.54 Å². The Balaban J connectivity index is 2.68. The number of hydrogen-bond acceptors (Lipinski definition) is 3. The Morgan fingerprint density at radius 3 is 2.58 bits per heavy atom. The van der Waals surface area contributed by atoms with Gasteiger partial charge < -0.3 is 9.69 Å². The minimum absolute atomic E-state index is 0.00106. The van der Waals surface area contributed by atoms with Crippen molar-refractivity contribution in [3.63, 3.8) is 0 Å². The van der Waals surface area contributed by atoms with Crippen LogP contribution in [0.1, 0.15) is 6.92 Å². The molecule has 0 N–H and O–H groups in total. The van der Waals surface area contributed by atoms with E-state index in [-0.39, 0.29) is 25.0 Å². The van der Waals surface area contributed by atoms with Gasteiger partial charge in [0.2, 0.25) is 5.91 Å². The first-order valence-corrected chi connectivity index (χ1v) is 3.73. The Bertz CT molecular complexity index is 227. The van der Waals surface area contributed by atoms with E-state index in [1.165, 1.54) is 4.90 Å². The maximum absolute atomic E-state index is 11.2. The standard InChI is InChI=1S/C7H10N2O3/c1-2-9-6(11)5-8(3-4-10)7(9)12/h4H,2-3,5H2,1H3. The Hall–Kier alpha value is -1.39. The third kappa shape index (κ3) is 1.30. The molecule has 0 aromatic heterocycles. The molecule has 66 valence electrons. The van der Waals surface area contributed by atoms with Crippen LogP contribution in [0.4, 0.5) is 4.79 Å². The Labute approximate surface area is 69.9 Å². The zero-order valence-corrected chi connectivity index (χ0v) is 6.82. The molecule has 0 aromatic rings. The highest BCUT2D eigenvalue weighted by Crippen LogP contribution is 2.07. The lowest BCUT2D eigenvalue weighted by Crippen LogP contribution is -2.33. The maximum Gasteiger partial charge on any atom is 0.327 e. The quantitative estimate of drug-likeness (QED) is 0.422. The van der Waals surface area contributed by atoms with Crippen LogP contribution >= 0.6 is 0 Å². The number of hydrogen-bond donors (Lipinski definition) is 0. The summed E-state index contributed by atoms with van der Waals surface area (Å²) < 4.78 is 0. The van der Waals surface area contributed by atoms with Crippen molar-refractivity contribution in [2.75, 3.05) is 19.6 Å². The molecule has 1 fully saturated rings. The molecule has 1 aliphatic rings. The molecule has 0 spiro atoms. The third-order valence-electron chi connectivity index (χ3n) is 1.74. The van der Waals surface area contributed by atoms with Gasteiger partial charge in [-0.05, 0) is 6.92 Å². The van der Waals surface area contributed by atoms with Crippen LogP contribution in [-0.2, 0) is 9.59 Å². The summed E-state index contributed by atoms with van der Waals surface area (Å²) in [4.78, 5) is 34.7. The van der Waals surface area contributed by atoms with Crippen LogP contribution in [0.2, 0.25) is 0 Å². The van der Waals surface area contributed by atoms with Gasteiger partial charge in [-0.15, -0.1) is 0 Å². The Morgan fingerprint density at radius 1 is 1.50 bits per heavy atom. The first-order chi connectivity index (χ1) is 5.70. The second kappa shape index (κ2) is 3.34. The molecule has 0 unspecified atom stereocenters. The summed E-state index contributed by atoms with van der Waals surface area (Å²) in [6, 6.07) is -0.366. The van der Waals surface area contributed by atoms with Crippen molar-refractivity contribution < 1.29 is 14.4 Å². The fourth-order valence-corrected chi connectivity index (χ4v) is 1.14. The molecule has 0 atom stereocenters. The highest BCUT2D eigenvalue weighted by molar-refractivity contribution is 6.02. The number of urea groups is 1. The molecule has 1 aliphatic heterocycles. The summed E-state index contributed by atoms with van der Waals surface area (Å²) in [7, 11) is 0. The Kier molecular flexibility index (Phi) is 2.42. The van der Waals surface area contributed by atoms with Gasteiger partial charge in [0.25, 0.3) is 0 Å². The molecular weight excluding hydrogens is 160 g/mol. The summed E-state index contributed by atoms with van der Waals surface area (Å²) in [5.74, 6) is -0.232. The molecule has 1 rings (SSSR count). The van der Waals surface area contributed by atoms with Crippen molar-refractivity contribution in [2.24, 2.45) is 0 Å². The molecule has 0 radical (unpaired) electrons. The van der Waals surface area contributed by atoms with E-state index in [0.717, 1.165) is 4.90 Å². The lowest BCUT2D eigenvalue weighted by Gasteiger charge is -2.12. The van der Waals surface area contributed by atoms with Crippen molar-refractivity contribution in [3.05, 3.63) is 0 Å².